The van der Waals surface area contributed by atoms with Crippen molar-refractivity contribution in [2.45, 2.75) is 46.8 Å². The summed E-state index contributed by atoms with van der Waals surface area (Å²) in [5.41, 5.74) is 1.30. The number of aromatic nitrogens is 2. The van der Waals surface area contributed by atoms with Crippen molar-refractivity contribution in [3.8, 4) is 0 Å². The minimum atomic E-state index is -0.265. The first kappa shape index (κ1) is 15.0. The smallest absolute Gasteiger partial charge is 0.151 e. The molecular weight excluding hydrogens is 255 g/mol. The van der Waals surface area contributed by atoms with Gasteiger partial charge in [0.2, 0.25) is 0 Å². The first-order valence-corrected chi connectivity index (χ1v) is 7.19. The summed E-state index contributed by atoms with van der Waals surface area (Å²) in [6.45, 7) is 11.2. The number of hydrogen-bond donors (Lipinski definition) is 0. The highest BCUT2D eigenvalue weighted by molar-refractivity contribution is 5.77. The Hall–Kier alpha value is -1.42. The largest absolute Gasteiger partial charge is 0.368 e. The van der Waals surface area contributed by atoms with Crippen molar-refractivity contribution < 1.29 is 9.13 Å². The monoisotopic (exact) mass is 278 g/mol. The van der Waals surface area contributed by atoms with Crippen LogP contribution in [0.15, 0.2) is 18.2 Å². The molecule has 1 aromatic carbocycles. The van der Waals surface area contributed by atoms with Gasteiger partial charge in [-0.3, -0.25) is 0 Å². The van der Waals surface area contributed by atoms with E-state index in [9.17, 15) is 4.39 Å². The van der Waals surface area contributed by atoms with Crippen molar-refractivity contribution in [1.82, 2.24) is 9.55 Å². The lowest BCUT2D eigenvalue weighted by atomic mass is 10.2. The average molecular weight is 278 g/mol. The van der Waals surface area contributed by atoms with Gasteiger partial charge < -0.3 is 9.30 Å². The maximum absolute atomic E-state index is 13.6. The van der Waals surface area contributed by atoms with Crippen molar-refractivity contribution >= 4 is 11.0 Å². The summed E-state index contributed by atoms with van der Waals surface area (Å²) in [7, 11) is 0. The molecule has 2 atom stereocenters. The van der Waals surface area contributed by atoms with E-state index in [2.05, 4.69) is 37.2 Å². The summed E-state index contributed by atoms with van der Waals surface area (Å²) in [6.07, 6.45) is -0.0667. The second-order valence-electron chi connectivity index (χ2n) is 6.00. The number of halogens is 1. The molecule has 2 heterocycles. The number of fused-ring (bicyclic) bond motifs is 3. The number of para-hydroxylation sites is 1. The van der Waals surface area contributed by atoms with Crippen LogP contribution in [0.5, 0.6) is 0 Å². The zero-order valence-corrected chi connectivity index (χ0v) is 12.9. The number of rotatable bonds is 0. The third-order valence-electron chi connectivity index (χ3n) is 3.09. The molecule has 1 aliphatic rings. The Bertz CT molecular complexity index is 589. The van der Waals surface area contributed by atoms with E-state index in [0.29, 0.717) is 12.1 Å². The summed E-state index contributed by atoms with van der Waals surface area (Å²) in [5.74, 6) is 1.39. The minimum Gasteiger partial charge on any atom is -0.368 e. The Labute approximate surface area is 119 Å². The predicted molar refractivity (Wildman–Crippen MR) is 79.3 cm³/mol. The lowest BCUT2D eigenvalue weighted by Crippen LogP contribution is -2.23. The minimum absolute atomic E-state index is 0.0667. The van der Waals surface area contributed by atoms with E-state index in [1.807, 2.05) is 13.0 Å². The average Bonchev–Trinajstić information content (AvgIpc) is 2.75. The topological polar surface area (TPSA) is 27.1 Å². The van der Waals surface area contributed by atoms with Gasteiger partial charge in [0.15, 0.2) is 5.82 Å². The van der Waals surface area contributed by atoms with Crippen LogP contribution in [0.4, 0.5) is 4.39 Å². The van der Waals surface area contributed by atoms with E-state index < -0.39 is 0 Å². The molecular formula is C16H23FN2O. The molecule has 0 bridgehead atoms. The van der Waals surface area contributed by atoms with Crippen LogP contribution >= 0.6 is 0 Å². The van der Waals surface area contributed by atoms with Gasteiger partial charge in [-0.1, -0.05) is 26.8 Å². The Kier molecular flexibility index (Phi) is 4.43. The molecule has 4 heteroatoms. The molecule has 20 heavy (non-hydrogen) atoms. The second-order valence-corrected chi connectivity index (χ2v) is 6.00. The summed E-state index contributed by atoms with van der Waals surface area (Å²) >= 11 is 0. The zero-order valence-electron chi connectivity index (χ0n) is 12.9. The van der Waals surface area contributed by atoms with Crippen molar-refractivity contribution in [2.24, 2.45) is 5.92 Å². The van der Waals surface area contributed by atoms with E-state index in [1.165, 1.54) is 6.07 Å². The van der Waals surface area contributed by atoms with E-state index in [-0.39, 0.29) is 18.0 Å². The van der Waals surface area contributed by atoms with Gasteiger partial charge in [0.25, 0.3) is 0 Å². The maximum atomic E-state index is 13.6. The normalized spacial score (nSPS) is 21.6. The number of nitrogens with zero attached hydrogens (tertiary/aromatic N) is 2. The molecule has 1 aliphatic heterocycles. The molecule has 0 amide bonds. The number of benzene rings is 1. The van der Waals surface area contributed by atoms with Gasteiger partial charge in [-0.15, -0.1) is 0 Å². The number of hydrogen-bond acceptors (Lipinski definition) is 2. The molecule has 2 unspecified atom stereocenters. The maximum Gasteiger partial charge on any atom is 0.151 e. The van der Waals surface area contributed by atoms with E-state index in [4.69, 9.17) is 4.74 Å². The third kappa shape index (κ3) is 2.85. The van der Waals surface area contributed by atoms with Crippen LogP contribution in [-0.4, -0.2) is 16.2 Å². The first-order chi connectivity index (χ1) is 9.41. The third-order valence-corrected chi connectivity index (χ3v) is 3.09. The summed E-state index contributed by atoms with van der Waals surface area (Å²) in [6, 6.07) is 5.28. The number of ether oxygens (including phenoxy) is 1. The van der Waals surface area contributed by atoms with Gasteiger partial charge in [0.05, 0.1) is 18.2 Å². The van der Waals surface area contributed by atoms with E-state index >= 15 is 0 Å². The predicted octanol–water partition coefficient (Wildman–Crippen LogP) is 4.49. The Morgan fingerprint density at radius 3 is 2.60 bits per heavy atom. The second kappa shape index (κ2) is 5.92. The van der Waals surface area contributed by atoms with Crippen LogP contribution < -0.4 is 0 Å². The Morgan fingerprint density at radius 2 is 1.95 bits per heavy atom. The van der Waals surface area contributed by atoms with Crippen LogP contribution in [0.1, 0.15) is 52.6 Å². The van der Waals surface area contributed by atoms with Gasteiger partial charge in [-0.05, 0) is 31.9 Å². The molecule has 3 rings (SSSR count). The van der Waals surface area contributed by atoms with Crippen molar-refractivity contribution in [2.75, 3.05) is 6.61 Å². The molecule has 0 radical (unpaired) electrons. The fourth-order valence-electron chi connectivity index (χ4n) is 2.28. The fourth-order valence-corrected chi connectivity index (χ4v) is 2.28. The van der Waals surface area contributed by atoms with E-state index in [1.54, 1.807) is 6.07 Å². The van der Waals surface area contributed by atoms with E-state index in [0.717, 1.165) is 17.3 Å². The zero-order chi connectivity index (χ0) is 14.9. The van der Waals surface area contributed by atoms with Crippen LogP contribution in [0.25, 0.3) is 11.0 Å². The molecule has 0 N–H and O–H groups in total. The van der Waals surface area contributed by atoms with Crippen molar-refractivity contribution in [1.29, 1.82) is 0 Å². The molecule has 2 aromatic rings. The summed E-state index contributed by atoms with van der Waals surface area (Å²) in [5, 5.41) is 0. The van der Waals surface area contributed by atoms with Gasteiger partial charge in [-0.25, -0.2) is 9.37 Å². The molecule has 0 spiro atoms. The van der Waals surface area contributed by atoms with Crippen molar-refractivity contribution in [3.05, 3.63) is 29.8 Å². The molecule has 110 valence electrons. The highest BCUT2D eigenvalue weighted by Gasteiger charge is 2.26. The van der Waals surface area contributed by atoms with Crippen LogP contribution in [0, 0.1) is 11.7 Å². The molecule has 0 fully saturated rings. The molecule has 1 aromatic heterocycles. The van der Waals surface area contributed by atoms with Crippen LogP contribution in [0.2, 0.25) is 0 Å². The fraction of sp³-hybridized carbons (Fsp3) is 0.562. The van der Waals surface area contributed by atoms with Crippen molar-refractivity contribution in [3.63, 3.8) is 0 Å². The van der Waals surface area contributed by atoms with Crippen LogP contribution in [-0.2, 0) is 4.74 Å². The summed E-state index contributed by atoms with van der Waals surface area (Å²) < 4.78 is 21.3. The summed E-state index contributed by atoms with van der Waals surface area (Å²) in [4.78, 5) is 4.35. The highest BCUT2D eigenvalue weighted by Crippen LogP contribution is 2.32. The highest BCUT2D eigenvalue weighted by atomic mass is 19.1. The van der Waals surface area contributed by atoms with Crippen LogP contribution in [0.3, 0.4) is 0 Å². The van der Waals surface area contributed by atoms with Gasteiger partial charge in [-0.2, -0.15) is 0 Å². The first-order valence-electron chi connectivity index (χ1n) is 7.19. The Morgan fingerprint density at radius 1 is 1.30 bits per heavy atom. The Balaban J connectivity index is 0.000000328. The van der Waals surface area contributed by atoms with Gasteiger partial charge >= 0.3 is 0 Å². The molecule has 3 nitrogen and oxygen atoms in total. The quantitative estimate of drug-likeness (QED) is 0.710. The van der Waals surface area contributed by atoms with Gasteiger partial charge in [0, 0.05) is 0 Å². The lowest BCUT2D eigenvalue weighted by Gasteiger charge is -2.27. The standard InChI is InChI=1S/C12H13FN2O.C4H10/c1-7-6-16-8(2)12-14-11-9(13)4-3-5-10(11)15(7)12;1-4(2)3/h3-5,7-8H,6H2,1-2H3;4H,1-3H3. The molecule has 0 saturated carbocycles. The number of imidazole rings is 1. The lowest BCUT2D eigenvalue weighted by molar-refractivity contribution is 0.0134. The van der Waals surface area contributed by atoms with Gasteiger partial charge in [0.1, 0.15) is 17.4 Å². The molecule has 0 saturated heterocycles. The molecule has 0 aliphatic carbocycles. The SMILES string of the molecule is CC(C)C.CC1OCC(C)n2c1nc1c(F)cccc12.